The predicted octanol–water partition coefficient (Wildman–Crippen LogP) is 3.28. The number of carbonyl (C=O) groups excluding carboxylic acids is 2. The van der Waals surface area contributed by atoms with Crippen molar-refractivity contribution in [2.45, 2.75) is 79.1 Å². The van der Waals surface area contributed by atoms with Crippen LogP contribution in [0.1, 0.15) is 61.8 Å². The number of rotatable bonds is 7. The second-order valence-electron chi connectivity index (χ2n) is 8.07. The van der Waals surface area contributed by atoms with Gasteiger partial charge in [-0.15, -0.1) is 0 Å². The van der Waals surface area contributed by atoms with Crippen molar-refractivity contribution >= 4 is 12.1 Å². The summed E-state index contributed by atoms with van der Waals surface area (Å²) in [4.78, 5) is 23.5. The van der Waals surface area contributed by atoms with Gasteiger partial charge in [0, 0.05) is 0 Å². The van der Waals surface area contributed by atoms with Crippen molar-refractivity contribution in [1.82, 2.24) is 5.32 Å². The van der Waals surface area contributed by atoms with Crippen LogP contribution >= 0.6 is 0 Å². The number of carbonyl (C=O) groups is 2. The van der Waals surface area contributed by atoms with Crippen LogP contribution in [0.15, 0.2) is 0 Å². The standard InChI is InChI=1S/C17H33NO5/c1-12(2)9-13(18-15(20)23-17(6,7)8)10-21-11-14(19)22-16(3,4)5/h12-13H,9-11H2,1-8H3,(H,18,20). The molecule has 0 saturated carbocycles. The molecule has 0 aromatic rings. The van der Waals surface area contributed by atoms with Crippen LogP contribution in [-0.2, 0) is 19.0 Å². The van der Waals surface area contributed by atoms with E-state index >= 15 is 0 Å². The molecule has 0 heterocycles. The number of alkyl carbamates (subject to hydrolysis) is 1. The predicted molar refractivity (Wildman–Crippen MR) is 89.3 cm³/mol. The minimum atomic E-state index is -0.552. The fourth-order valence-corrected chi connectivity index (χ4v) is 1.87. The van der Waals surface area contributed by atoms with Gasteiger partial charge in [-0.3, -0.25) is 0 Å². The normalized spacial score (nSPS) is 13.6. The van der Waals surface area contributed by atoms with Gasteiger partial charge in [0.05, 0.1) is 12.6 Å². The smallest absolute Gasteiger partial charge is 0.407 e. The van der Waals surface area contributed by atoms with Gasteiger partial charge in [-0.25, -0.2) is 9.59 Å². The molecule has 6 heteroatoms. The monoisotopic (exact) mass is 331 g/mol. The van der Waals surface area contributed by atoms with Gasteiger partial charge in [0.25, 0.3) is 0 Å². The minimum Gasteiger partial charge on any atom is -0.458 e. The third kappa shape index (κ3) is 14.0. The molecule has 1 unspecified atom stereocenters. The zero-order valence-electron chi connectivity index (χ0n) is 15.8. The van der Waals surface area contributed by atoms with Crippen LogP contribution in [0.5, 0.6) is 0 Å². The molecule has 0 fully saturated rings. The quantitative estimate of drug-likeness (QED) is 0.725. The first-order valence-corrected chi connectivity index (χ1v) is 8.07. The summed E-state index contributed by atoms with van der Waals surface area (Å²) in [7, 11) is 0. The second-order valence-corrected chi connectivity index (χ2v) is 8.07. The lowest BCUT2D eigenvalue weighted by Crippen LogP contribution is -2.42. The Labute approximate surface area is 140 Å². The zero-order chi connectivity index (χ0) is 18.3. The highest BCUT2D eigenvalue weighted by atomic mass is 16.6. The molecule has 136 valence electrons. The topological polar surface area (TPSA) is 73.9 Å². The Bertz CT molecular complexity index is 379. The fraction of sp³-hybridized carbons (Fsp3) is 0.882. The summed E-state index contributed by atoms with van der Waals surface area (Å²) in [6.45, 7) is 15.0. The van der Waals surface area contributed by atoms with Crippen molar-refractivity contribution in [1.29, 1.82) is 0 Å². The molecule has 1 amide bonds. The lowest BCUT2D eigenvalue weighted by atomic mass is 10.0. The van der Waals surface area contributed by atoms with Crippen LogP contribution in [0.25, 0.3) is 0 Å². The summed E-state index contributed by atoms with van der Waals surface area (Å²) in [6, 6.07) is -0.215. The number of hydrogen-bond acceptors (Lipinski definition) is 5. The Kier molecular flexibility index (Phi) is 8.59. The maximum absolute atomic E-state index is 11.9. The summed E-state index contributed by atoms with van der Waals surface area (Å²) < 4.78 is 15.8. The lowest BCUT2D eigenvalue weighted by molar-refractivity contribution is -0.160. The summed E-state index contributed by atoms with van der Waals surface area (Å²) in [5.74, 6) is -0.0434. The van der Waals surface area contributed by atoms with E-state index in [0.717, 1.165) is 6.42 Å². The van der Waals surface area contributed by atoms with Crippen molar-refractivity contribution in [2.24, 2.45) is 5.92 Å². The molecule has 0 rings (SSSR count). The van der Waals surface area contributed by atoms with Crippen LogP contribution in [0.2, 0.25) is 0 Å². The van der Waals surface area contributed by atoms with Gasteiger partial charge in [0.1, 0.15) is 17.8 Å². The average Bonchev–Trinajstić information content (AvgIpc) is 2.21. The van der Waals surface area contributed by atoms with E-state index in [-0.39, 0.29) is 19.3 Å². The molecule has 0 aliphatic carbocycles. The molecule has 0 radical (unpaired) electrons. The van der Waals surface area contributed by atoms with Crippen molar-refractivity contribution in [3.63, 3.8) is 0 Å². The van der Waals surface area contributed by atoms with Gasteiger partial charge in [0.2, 0.25) is 0 Å². The van der Waals surface area contributed by atoms with Gasteiger partial charge in [-0.2, -0.15) is 0 Å². The summed E-state index contributed by atoms with van der Waals surface area (Å²) in [5.41, 5.74) is -1.09. The van der Waals surface area contributed by atoms with Gasteiger partial charge < -0.3 is 19.5 Å². The maximum atomic E-state index is 11.9. The summed E-state index contributed by atoms with van der Waals surface area (Å²) >= 11 is 0. The lowest BCUT2D eigenvalue weighted by Gasteiger charge is -2.25. The SMILES string of the molecule is CC(C)CC(COCC(=O)OC(C)(C)C)NC(=O)OC(C)(C)C. The van der Waals surface area contributed by atoms with E-state index < -0.39 is 23.3 Å². The molecular weight excluding hydrogens is 298 g/mol. The van der Waals surface area contributed by atoms with E-state index in [0.29, 0.717) is 5.92 Å². The van der Waals surface area contributed by atoms with E-state index in [1.165, 1.54) is 0 Å². The molecule has 1 atom stereocenters. The van der Waals surface area contributed by atoms with Gasteiger partial charge >= 0.3 is 12.1 Å². The molecule has 0 spiro atoms. The molecule has 0 aromatic heterocycles. The Hall–Kier alpha value is -1.30. The molecule has 23 heavy (non-hydrogen) atoms. The zero-order valence-corrected chi connectivity index (χ0v) is 15.8. The Morgan fingerprint density at radius 2 is 1.48 bits per heavy atom. The first-order chi connectivity index (χ1) is 10.3. The van der Waals surface area contributed by atoms with Gasteiger partial charge in [-0.1, -0.05) is 13.8 Å². The average molecular weight is 331 g/mol. The number of nitrogens with one attached hydrogen (secondary N) is 1. The Balaban J connectivity index is 4.35. The number of hydrogen-bond donors (Lipinski definition) is 1. The van der Waals surface area contributed by atoms with Gasteiger partial charge in [-0.05, 0) is 53.9 Å². The third-order valence-corrected chi connectivity index (χ3v) is 2.44. The van der Waals surface area contributed by atoms with Crippen LogP contribution < -0.4 is 5.32 Å². The Morgan fingerprint density at radius 3 is 1.91 bits per heavy atom. The number of ether oxygens (including phenoxy) is 3. The molecule has 0 saturated heterocycles. The van der Waals surface area contributed by atoms with Crippen molar-refractivity contribution in [2.75, 3.05) is 13.2 Å². The maximum Gasteiger partial charge on any atom is 0.407 e. The number of esters is 1. The van der Waals surface area contributed by atoms with E-state index in [1.807, 2.05) is 20.8 Å². The van der Waals surface area contributed by atoms with E-state index in [1.54, 1.807) is 20.8 Å². The fourth-order valence-electron chi connectivity index (χ4n) is 1.87. The minimum absolute atomic E-state index is 0.137. The molecular formula is C17H33NO5. The summed E-state index contributed by atoms with van der Waals surface area (Å²) in [5, 5.41) is 2.79. The molecule has 0 aromatic carbocycles. The van der Waals surface area contributed by atoms with Crippen molar-refractivity contribution in [3.8, 4) is 0 Å². The van der Waals surface area contributed by atoms with E-state index in [4.69, 9.17) is 14.2 Å². The highest BCUT2D eigenvalue weighted by Crippen LogP contribution is 2.10. The van der Waals surface area contributed by atoms with Crippen LogP contribution in [0, 0.1) is 5.92 Å². The first-order valence-electron chi connectivity index (χ1n) is 8.07. The second kappa shape index (κ2) is 9.11. The van der Waals surface area contributed by atoms with Crippen LogP contribution in [0.4, 0.5) is 4.79 Å². The molecule has 0 bridgehead atoms. The third-order valence-electron chi connectivity index (χ3n) is 2.44. The van der Waals surface area contributed by atoms with Crippen molar-refractivity contribution in [3.05, 3.63) is 0 Å². The Morgan fingerprint density at radius 1 is 0.957 bits per heavy atom. The van der Waals surface area contributed by atoms with Crippen LogP contribution in [-0.4, -0.2) is 42.5 Å². The molecule has 1 N–H and O–H groups in total. The molecule has 6 nitrogen and oxygen atoms in total. The van der Waals surface area contributed by atoms with Crippen molar-refractivity contribution < 1.29 is 23.8 Å². The van der Waals surface area contributed by atoms with Gasteiger partial charge in [0.15, 0.2) is 0 Å². The van der Waals surface area contributed by atoms with E-state index in [2.05, 4.69) is 19.2 Å². The first kappa shape index (κ1) is 21.7. The highest BCUT2D eigenvalue weighted by molar-refractivity contribution is 5.71. The van der Waals surface area contributed by atoms with Crippen LogP contribution in [0.3, 0.4) is 0 Å². The molecule has 0 aliphatic rings. The molecule has 0 aliphatic heterocycles. The number of amides is 1. The summed E-state index contributed by atoms with van der Waals surface area (Å²) in [6.07, 6.45) is 0.247. The largest absolute Gasteiger partial charge is 0.458 e. The van der Waals surface area contributed by atoms with E-state index in [9.17, 15) is 9.59 Å². The highest BCUT2D eigenvalue weighted by Gasteiger charge is 2.21.